The third kappa shape index (κ3) is 5.43. The predicted molar refractivity (Wildman–Crippen MR) is 148 cm³/mol. The van der Waals surface area contributed by atoms with Gasteiger partial charge >= 0.3 is 0 Å². The van der Waals surface area contributed by atoms with Crippen molar-refractivity contribution < 1.29 is 28.5 Å². The fourth-order valence-corrected chi connectivity index (χ4v) is 5.35. The zero-order valence-corrected chi connectivity index (χ0v) is 22.5. The summed E-state index contributed by atoms with van der Waals surface area (Å²) in [7, 11) is 0. The van der Waals surface area contributed by atoms with Crippen LogP contribution in [0.3, 0.4) is 0 Å². The van der Waals surface area contributed by atoms with Crippen molar-refractivity contribution in [2.24, 2.45) is 0 Å². The minimum absolute atomic E-state index is 0.0287. The van der Waals surface area contributed by atoms with Crippen LogP contribution in [0.15, 0.2) is 64.5 Å². The van der Waals surface area contributed by atoms with E-state index in [1.165, 1.54) is 4.57 Å². The maximum absolute atomic E-state index is 13.6. The summed E-state index contributed by atoms with van der Waals surface area (Å²) in [5, 5.41) is 4.05. The van der Waals surface area contributed by atoms with Gasteiger partial charge < -0.3 is 24.3 Å². The summed E-state index contributed by atoms with van der Waals surface area (Å²) < 4.78 is 23.0. The zero-order chi connectivity index (χ0) is 27.6. The highest BCUT2D eigenvalue weighted by atomic mass is 35.5. The molecule has 0 unspecified atom stereocenters. The van der Waals surface area contributed by atoms with Gasteiger partial charge in [0.25, 0.3) is 5.56 Å². The number of halogens is 1. The number of Topliss-reactive ketones (excluding diaryl/α,β-unsaturated/α-hetero) is 1. The third-order valence-corrected chi connectivity index (χ3v) is 7.63. The van der Waals surface area contributed by atoms with E-state index >= 15 is 0 Å². The molecule has 0 atom stereocenters. The normalized spacial score (nSPS) is 13.0. The van der Waals surface area contributed by atoms with E-state index < -0.39 is 0 Å². The molecule has 0 bridgehead atoms. The molecule has 1 amide bonds. The van der Waals surface area contributed by atoms with Crippen molar-refractivity contribution in [3.05, 3.63) is 81.1 Å². The second kappa shape index (κ2) is 11.1. The topological polar surface area (TPSA) is 118 Å². The Bertz CT molecular complexity index is 1690. The molecule has 204 valence electrons. The van der Waals surface area contributed by atoms with E-state index in [9.17, 15) is 14.4 Å². The van der Waals surface area contributed by atoms with Crippen LogP contribution in [0.2, 0.25) is 5.02 Å². The fraction of sp³-hybridized carbons (Fsp3) is 0.214. The SMILES string of the molecule is O=C(CCn1c(SCC(=O)c2ccc(Cl)cc2)nc2cc3c(cc2c1=O)OCO3)NCc1ccc2c(c1)OCO2. The monoisotopic (exact) mass is 579 g/mol. The minimum atomic E-state index is -0.340. The summed E-state index contributed by atoms with van der Waals surface area (Å²) in [5.74, 6) is 1.90. The molecule has 1 N–H and O–H groups in total. The number of nitrogens with zero attached hydrogens (tertiary/aromatic N) is 2. The summed E-state index contributed by atoms with van der Waals surface area (Å²) in [6, 6.07) is 15.3. The zero-order valence-electron chi connectivity index (χ0n) is 21.0. The molecular weight excluding hydrogens is 558 g/mol. The van der Waals surface area contributed by atoms with Gasteiger partial charge in [0.15, 0.2) is 33.9 Å². The highest BCUT2D eigenvalue weighted by Crippen LogP contribution is 2.35. The number of amides is 1. The Morgan fingerprint density at radius 1 is 0.925 bits per heavy atom. The molecule has 4 aromatic rings. The van der Waals surface area contributed by atoms with Crippen LogP contribution in [0.1, 0.15) is 22.3 Å². The van der Waals surface area contributed by atoms with Gasteiger partial charge in [0.2, 0.25) is 19.5 Å². The summed E-state index contributed by atoms with van der Waals surface area (Å²) >= 11 is 7.07. The summed E-state index contributed by atoms with van der Waals surface area (Å²) in [6.07, 6.45) is 0.0287. The number of thioether (sulfide) groups is 1. The van der Waals surface area contributed by atoms with Crippen molar-refractivity contribution in [2.45, 2.75) is 24.7 Å². The van der Waals surface area contributed by atoms with Gasteiger partial charge in [-0.1, -0.05) is 29.4 Å². The molecule has 0 radical (unpaired) electrons. The van der Waals surface area contributed by atoms with E-state index in [2.05, 4.69) is 10.3 Å². The van der Waals surface area contributed by atoms with Crippen LogP contribution >= 0.6 is 23.4 Å². The molecule has 0 aliphatic carbocycles. The number of aromatic nitrogens is 2. The molecule has 12 heteroatoms. The van der Waals surface area contributed by atoms with Crippen molar-refractivity contribution in [2.75, 3.05) is 19.3 Å². The Kier molecular flexibility index (Phi) is 7.23. The van der Waals surface area contributed by atoms with Crippen molar-refractivity contribution >= 4 is 46.0 Å². The first-order valence-corrected chi connectivity index (χ1v) is 13.7. The summed E-state index contributed by atoms with van der Waals surface area (Å²) in [6.45, 7) is 0.593. The Morgan fingerprint density at radius 2 is 1.62 bits per heavy atom. The number of benzene rings is 3. The molecule has 0 saturated heterocycles. The van der Waals surface area contributed by atoms with Gasteiger partial charge in [-0.15, -0.1) is 0 Å². The molecule has 0 spiro atoms. The molecule has 2 aliphatic rings. The molecule has 40 heavy (non-hydrogen) atoms. The third-order valence-electron chi connectivity index (χ3n) is 6.40. The number of hydrogen-bond donors (Lipinski definition) is 1. The van der Waals surface area contributed by atoms with Gasteiger partial charge in [-0.05, 0) is 48.0 Å². The fourth-order valence-electron chi connectivity index (χ4n) is 4.30. The van der Waals surface area contributed by atoms with Crippen LogP contribution in [0.25, 0.3) is 10.9 Å². The number of nitrogens with one attached hydrogen (secondary N) is 1. The average molecular weight is 580 g/mol. The lowest BCUT2D eigenvalue weighted by Crippen LogP contribution is -2.28. The van der Waals surface area contributed by atoms with E-state index in [4.69, 9.17) is 30.5 Å². The average Bonchev–Trinajstić information content (AvgIpc) is 3.62. The van der Waals surface area contributed by atoms with Crippen molar-refractivity contribution in [1.82, 2.24) is 14.9 Å². The van der Waals surface area contributed by atoms with Crippen LogP contribution in [0.4, 0.5) is 0 Å². The molecule has 6 rings (SSSR count). The van der Waals surface area contributed by atoms with Crippen LogP contribution in [0, 0.1) is 0 Å². The Labute approximate surface area is 237 Å². The van der Waals surface area contributed by atoms with Crippen LogP contribution in [-0.2, 0) is 17.9 Å². The maximum atomic E-state index is 13.6. The van der Waals surface area contributed by atoms with E-state index in [1.54, 1.807) is 42.5 Å². The number of carbonyl (C=O) groups is 2. The summed E-state index contributed by atoms with van der Waals surface area (Å²) in [4.78, 5) is 43.7. The van der Waals surface area contributed by atoms with Crippen LogP contribution in [-0.4, -0.2) is 40.6 Å². The molecule has 10 nitrogen and oxygen atoms in total. The second-order valence-corrected chi connectivity index (χ2v) is 10.4. The number of ether oxygens (including phenoxy) is 4. The van der Waals surface area contributed by atoms with E-state index in [0.717, 1.165) is 17.3 Å². The number of fused-ring (bicyclic) bond motifs is 3. The molecule has 1 aromatic heterocycles. The van der Waals surface area contributed by atoms with Crippen LogP contribution < -0.4 is 29.8 Å². The molecule has 3 heterocycles. The lowest BCUT2D eigenvalue weighted by molar-refractivity contribution is -0.121. The molecule has 0 fully saturated rings. The van der Waals surface area contributed by atoms with E-state index in [-0.39, 0.29) is 49.6 Å². The number of carbonyl (C=O) groups excluding carboxylic acids is 2. The second-order valence-electron chi connectivity index (χ2n) is 9.01. The molecule has 3 aromatic carbocycles. The largest absolute Gasteiger partial charge is 0.454 e. The first-order chi connectivity index (χ1) is 19.4. The lowest BCUT2D eigenvalue weighted by Gasteiger charge is -2.13. The van der Waals surface area contributed by atoms with Gasteiger partial charge in [-0.3, -0.25) is 19.0 Å². The number of rotatable bonds is 9. The quantitative estimate of drug-likeness (QED) is 0.177. The van der Waals surface area contributed by atoms with Gasteiger partial charge in [0.1, 0.15) is 0 Å². The van der Waals surface area contributed by atoms with Gasteiger partial charge in [-0.25, -0.2) is 4.98 Å². The van der Waals surface area contributed by atoms with Crippen molar-refractivity contribution in [3.63, 3.8) is 0 Å². The first-order valence-electron chi connectivity index (χ1n) is 12.4. The number of hydrogen-bond acceptors (Lipinski definition) is 9. The first kappa shape index (κ1) is 26.0. The van der Waals surface area contributed by atoms with Crippen LogP contribution in [0.5, 0.6) is 23.0 Å². The standard InChI is InChI=1S/C28H22ClN3O7S/c29-18-4-2-17(3-5-18)21(33)13-40-28-31-20-11-25-24(38-15-39-25)10-19(20)27(35)32(28)8-7-26(34)30-12-16-1-6-22-23(9-16)37-14-36-22/h1-6,9-11H,7-8,12-15H2,(H,30,34). The van der Waals surface area contributed by atoms with Gasteiger partial charge in [0, 0.05) is 36.2 Å². The van der Waals surface area contributed by atoms with Crippen molar-refractivity contribution in [1.29, 1.82) is 0 Å². The van der Waals surface area contributed by atoms with Crippen molar-refractivity contribution in [3.8, 4) is 23.0 Å². The Morgan fingerprint density at radius 3 is 2.40 bits per heavy atom. The highest BCUT2D eigenvalue weighted by Gasteiger charge is 2.21. The lowest BCUT2D eigenvalue weighted by atomic mass is 10.1. The van der Waals surface area contributed by atoms with E-state index in [0.29, 0.717) is 56.2 Å². The maximum Gasteiger partial charge on any atom is 0.262 e. The van der Waals surface area contributed by atoms with Gasteiger partial charge in [0.05, 0.1) is 16.7 Å². The Hall–Kier alpha value is -4.22. The highest BCUT2D eigenvalue weighted by molar-refractivity contribution is 7.99. The number of ketones is 1. The Balaban J connectivity index is 1.20. The van der Waals surface area contributed by atoms with Gasteiger partial charge in [-0.2, -0.15) is 0 Å². The smallest absolute Gasteiger partial charge is 0.262 e. The predicted octanol–water partition coefficient (Wildman–Crippen LogP) is 4.19. The summed E-state index contributed by atoms with van der Waals surface area (Å²) in [5.41, 5.74) is 1.43. The molecular formula is C28H22ClN3O7S. The molecule has 0 saturated carbocycles. The minimum Gasteiger partial charge on any atom is -0.454 e. The molecule has 2 aliphatic heterocycles. The van der Waals surface area contributed by atoms with E-state index in [1.807, 2.05) is 12.1 Å².